The molecule has 1 atom stereocenters. The Morgan fingerprint density at radius 1 is 1.52 bits per heavy atom. The Balaban J connectivity index is 2.13. The van der Waals surface area contributed by atoms with E-state index in [9.17, 15) is 12.8 Å². The molecule has 1 fully saturated rings. The maximum absolute atomic E-state index is 13.2. The Labute approximate surface area is 124 Å². The van der Waals surface area contributed by atoms with Crippen molar-refractivity contribution < 1.29 is 12.8 Å². The molecule has 2 N–H and O–H groups in total. The highest BCUT2D eigenvalue weighted by atomic mass is 32.2. The normalized spacial score (nSPS) is 22.7. The Kier molecular flexibility index (Phi) is 4.61. The zero-order valence-electron chi connectivity index (χ0n) is 11.8. The third-order valence-electron chi connectivity index (χ3n) is 3.74. The van der Waals surface area contributed by atoms with Crippen molar-refractivity contribution in [1.82, 2.24) is 10.0 Å². The molecule has 1 heterocycles. The lowest BCUT2D eigenvalue weighted by Gasteiger charge is -2.34. The van der Waals surface area contributed by atoms with Gasteiger partial charge < -0.3 is 5.32 Å². The fourth-order valence-electron chi connectivity index (χ4n) is 2.38. The predicted octanol–water partition coefficient (Wildman–Crippen LogP) is 1.37. The summed E-state index contributed by atoms with van der Waals surface area (Å²) in [6, 6.07) is 4.86. The Morgan fingerprint density at radius 2 is 2.29 bits per heavy atom. The van der Waals surface area contributed by atoms with E-state index < -0.39 is 15.8 Å². The average molecular weight is 311 g/mol. The van der Waals surface area contributed by atoms with Gasteiger partial charge in [-0.15, -0.1) is 0 Å². The van der Waals surface area contributed by atoms with E-state index in [4.69, 9.17) is 5.26 Å². The smallest absolute Gasteiger partial charge is 0.240 e. The molecular formula is C14H18FN3O2S. The highest BCUT2D eigenvalue weighted by molar-refractivity contribution is 7.89. The van der Waals surface area contributed by atoms with E-state index in [2.05, 4.69) is 10.0 Å². The summed E-state index contributed by atoms with van der Waals surface area (Å²) in [4.78, 5) is -0.0900. The average Bonchev–Trinajstić information content (AvgIpc) is 2.46. The van der Waals surface area contributed by atoms with Crippen LogP contribution in [-0.2, 0) is 10.0 Å². The van der Waals surface area contributed by atoms with E-state index in [1.807, 2.05) is 6.92 Å². The number of sulfonamides is 1. The van der Waals surface area contributed by atoms with E-state index in [1.165, 1.54) is 6.07 Å². The molecule has 7 heteroatoms. The molecule has 0 aromatic heterocycles. The van der Waals surface area contributed by atoms with Gasteiger partial charge in [0, 0.05) is 13.1 Å². The lowest BCUT2D eigenvalue weighted by molar-refractivity contribution is 0.238. The molecule has 1 saturated heterocycles. The van der Waals surface area contributed by atoms with Crippen LogP contribution in [0.15, 0.2) is 23.1 Å². The molecule has 1 unspecified atom stereocenters. The molecule has 0 bridgehead atoms. The molecule has 1 aromatic rings. The lowest BCUT2D eigenvalue weighted by Crippen LogP contribution is -2.45. The Hall–Kier alpha value is -1.49. The molecular weight excluding hydrogens is 293 g/mol. The highest BCUT2D eigenvalue weighted by Crippen LogP contribution is 2.25. The quantitative estimate of drug-likeness (QED) is 0.880. The third kappa shape index (κ3) is 3.79. The van der Waals surface area contributed by atoms with Gasteiger partial charge in [-0.2, -0.15) is 5.26 Å². The molecule has 0 spiro atoms. The first-order valence-electron chi connectivity index (χ1n) is 6.76. The second-order valence-electron chi connectivity index (χ2n) is 5.67. The van der Waals surface area contributed by atoms with Crippen LogP contribution in [0.2, 0.25) is 0 Å². The summed E-state index contributed by atoms with van der Waals surface area (Å²) in [6.07, 6.45) is 1.95. The summed E-state index contributed by atoms with van der Waals surface area (Å²) in [5, 5.41) is 12.0. The number of nitriles is 1. The van der Waals surface area contributed by atoms with Crippen molar-refractivity contribution in [1.29, 1.82) is 5.26 Å². The first-order valence-corrected chi connectivity index (χ1v) is 8.25. The van der Waals surface area contributed by atoms with Gasteiger partial charge in [-0.25, -0.2) is 17.5 Å². The summed E-state index contributed by atoms with van der Waals surface area (Å²) >= 11 is 0. The van der Waals surface area contributed by atoms with Gasteiger partial charge in [0.05, 0.1) is 10.5 Å². The molecule has 0 saturated carbocycles. The fourth-order valence-corrected chi connectivity index (χ4v) is 3.60. The van der Waals surface area contributed by atoms with Crippen LogP contribution >= 0.6 is 0 Å². The van der Waals surface area contributed by atoms with Crippen molar-refractivity contribution >= 4 is 10.0 Å². The van der Waals surface area contributed by atoms with E-state index in [0.717, 1.165) is 38.1 Å². The molecule has 21 heavy (non-hydrogen) atoms. The Morgan fingerprint density at radius 3 is 2.90 bits per heavy atom. The van der Waals surface area contributed by atoms with Gasteiger partial charge in [-0.3, -0.25) is 0 Å². The van der Waals surface area contributed by atoms with Gasteiger partial charge in [0.15, 0.2) is 0 Å². The molecule has 1 aromatic carbocycles. The number of hydrogen-bond donors (Lipinski definition) is 2. The summed E-state index contributed by atoms with van der Waals surface area (Å²) in [7, 11) is -3.74. The van der Waals surface area contributed by atoms with Gasteiger partial charge in [-0.1, -0.05) is 6.92 Å². The summed E-state index contributed by atoms with van der Waals surface area (Å²) in [6.45, 7) is 4.03. The minimum atomic E-state index is -3.74. The largest absolute Gasteiger partial charge is 0.316 e. The van der Waals surface area contributed by atoms with Gasteiger partial charge in [0.2, 0.25) is 10.0 Å². The van der Waals surface area contributed by atoms with Crippen LogP contribution in [0.1, 0.15) is 25.3 Å². The highest BCUT2D eigenvalue weighted by Gasteiger charge is 2.28. The van der Waals surface area contributed by atoms with Gasteiger partial charge in [0.25, 0.3) is 0 Å². The fraction of sp³-hybridized carbons (Fsp3) is 0.500. The zero-order valence-corrected chi connectivity index (χ0v) is 12.6. The number of nitrogens with zero attached hydrogens (tertiary/aromatic N) is 1. The number of rotatable bonds is 4. The number of hydrogen-bond acceptors (Lipinski definition) is 4. The summed E-state index contributed by atoms with van der Waals surface area (Å²) < 4.78 is 40.3. The van der Waals surface area contributed by atoms with Crippen LogP contribution in [0.4, 0.5) is 4.39 Å². The van der Waals surface area contributed by atoms with E-state index in [0.29, 0.717) is 6.54 Å². The van der Waals surface area contributed by atoms with Crippen molar-refractivity contribution in [2.75, 3.05) is 19.6 Å². The standard InChI is InChI=1S/C14H18FN3O2S/c1-14(5-2-6-17-9-14)10-18-21(19,20)12-3-4-13(15)11(7-12)8-16/h3-4,7,17-18H,2,5-6,9-10H2,1H3. The molecule has 1 aliphatic heterocycles. The molecule has 2 rings (SSSR count). The number of halogens is 1. The number of nitrogens with one attached hydrogen (secondary N) is 2. The number of piperidine rings is 1. The van der Waals surface area contributed by atoms with Gasteiger partial charge in [-0.05, 0) is 43.0 Å². The third-order valence-corrected chi connectivity index (χ3v) is 5.14. The van der Waals surface area contributed by atoms with Crippen LogP contribution in [0.5, 0.6) is 0 Å². The molecule has 0 aliphatic carbocycles. The molecule has 1 aliphatic rings. The van der Waals surface area contributed by atoms with Crippen molar-refractivity contribution in [3.8, 4) is 6.07 Å². The summed E-state index contributed by atoms with van der Waals surface area (Å²) in [5.41, 5.74) is -0.410. The summed E-state index contributed by atoms with van der Waals surface area (Å²) in [5.74, 6) is -0.722. The molecule has 0 amide bonds. The minimum Gasteiger partial charge on any atom is -0.316 e. The van der Waals surface area contributed by atoms with Crippen LogP contribution in [0, 0.1) is 22.6 Å². The van der Waals surface area contributed by atoms with E-state index >= 15 is 0 Å². The first kappa shape index (κ1) is 15.9. The van der Waals surface area contributed by atoms with Crippen molar-refractivity contribution in [2.24, 2.45) is 5.41 Å². The number of benzene rings is 1. The predicted molar refractivity (Wildman–Crippen MR) is 76.5 cm³/mol. The molecule has 5 nitrogen and oxygen atoms in total. The maximum atomic E-state index is 13.2. The van der Waals surface area contributed by atoms with Crippen molar-refractivity contribution in [3.05, 3.63) is 29.6 Å². The SMILES string of the molecule is CC1(CNS(=O)(=O)c2ccc(F)c(C#N)c2)CCCNC1. The van der Waals surface area contributed by atoms with E-state index in [-0.39, 0.29) is 15.9 Å². The van der Waals surface area contributed by atoms with Crippen LogP contribution in [0.3, 0.4) is 0 Å². The molecule has 114 valence electrons. The van der Waals surface area contributed by atoms with Crippen LogP contribution in [0.25, 0.3) is 0 Å². The monoisotopic (exact) mass is 311 g/mol. The van der Waals surface area contributed by atoms with Crippen LogP contribution in [-0.4, -0.2) is 28.1 Å². The molecule has 0 radical (unpaired) electrons. The maximum Gasteiger partial charge on any atom is 0.240 e. The van der Waals surface area contributed by atoms with Gasteiger partial charge >= 0.3 is 0 Å². The van der Waals surface area contributed by atoms with Crippen LogP contribution < -0.4 is 10.0 Å². The topological polar surface area (TPSA) is 82.0 Å². The minimum absolute atomic E-state index is 0.0900. The van der Waals surface area contributed by atoms with Crippen molar-refractivity contribution in [3.63, 3.8) is 0 Å². The second kappa shape index (κ2) is 6.10. The second-order valence-corrected chi connectivity index (χ2v) is 7.44. The first-order chi connectivity index (χ1) is 9.86. The van der Waals surface area contributed by atoms with Crippen molar-refractivity contribution in [2.45, 2.75) is 24.7 Å². The zero-order chi connectivity index (χ0) is 15.5. The van der Waals surface area contributed by atoms with E-state index in [1.54, 1.807) is 6.07 Å². The lowest BCUT2D eigenvalue weighted by atomic mass is 9.83. The Bertz CT molecular complexity index is 661. The van der Waals surface area contributed by atoms with Gasteiger partial charge in [0.1, 0.15) is 11.9 Å².